The maximum absolute atomic E-state index is 10.9. The van der Waals surface area contributed by atoms with Crippen molar-refractivity contribution in [2.24, 2.45) is 0 Å². The number of hydrogen-bond acceptors (Lipinski definition) is 6. The van der Waals surface area contributed by atoms with Gasteiger partial charge < -0.3 is 13.8 Å². The maximum atomic E-state index is 10.9. The molecule has 0 spiro atoms. The molecule has 0 aromatic heterocycles. The minimum atomic E-state index is -4.41. The van der Waals surface area contributed by atoms with E-state index in [0.717, 1.165) is 31.1 Å². The lowest BCUT2D eigenvalue weighted by Gasteiger charge is -2.27. The zero-order valence-electron chi connectivity index (χ0n) is 12.8. The molecule has 0 aromatic rings. The highest BCUT2D eigenvalue weighted by Crippen LogP contribution is 1.98. The highest BCUT2D eigenvalue weighted by atomic mass is 32.3. The van der Waals surface area contributed by atoms with Crippen LogP contribution in [0.3, 0.4) is 0 Å². The summed E-state index contributed by atoms with van der Waals surface area (Å²) in [7, 11) is 0.745. The average Bonchev–Trinajstić information content (AvgIpc) is 2.35. The molecule has 0 atom stereocenters. The van der Waals surface area contributed by atoms with Crippen LogP contribution in [0.4, 0.5) is 0 Å². The number of carbonyl (C=O) groups is 1. The highest BCUT2D eigenvalue weighted by molar-refractivity contribution is 7.80. The van der Waals surface area contributed by atoms with Gasteiger partial charge in [0.15, 0.2) is 0 Å². The van der Waals surface area contributed by atoms with E-state index in [1.165, 1.54) is 6.08 Å². The molecule has 0 fully saturated rings. The topological polar surface area (TPSA) is 92.7 Å². The smallest absolute Gasteiger partial charge is 0.330 e. The van der Waals surface area contributed by atoms with Gasteiger partial charge in [-0.1, -0.05) is 6.08 Å². The first-order valence-electron chi connectivity index (χ1n) is 6.21. The van der Waals surface area contributed by atoms with Crippen LogP contribution in [0.1, 0.15) is 20.3 Å². The maximum Gasteiger partial charge on any atom is 0.330 e. The number of rotatable bonds is 7. The largest absolute Gasteiger partial charge is 0.726 e. The molecule has 8 heteroatoms. The zero-order chi connectivity index (χ0) is 16.2. The summed E-state index contributed by atoms with van der Waals surface area (Å²) in [4.78, 5) is 10.9. The van der Waals surface area contributed by atoms with Crippen LogP contribution in [0.25, 0.3) is 0 Å². The average molecular weight is 311 g/mol. The van der Waals surface area contributed by atoms with Crippen molar-refractivity contribution in [2.45, 2.75) is 20.3 Å². The number of esters is 1. The SMILES string of the molecule is CC=CC(=O)OCCC[N+](C)(C)CC.COS(=O)(=O)[O-]. The van der Waals surface area contributed by atoms with Crippen LogP contribution in [0.2, 0.25) is 0 Å². The molecule has 120 valence electrons. The van der Waals surface area contributed by atoms with Crippen LogP contribution in [0.15, 0.2) is 12.2 Å². The molecule has 0 radical (unpaired) electrons. The van der Waals surface area contributed by atoms with Crippen molar-refractivity contribution in [2.75, 3.05) is 40.9 Å². The minimum Gasteiger partial charge on any atom is -0.726 e. The molecule has 0 amide bonds. The van der Waals surface area contributed by atoms with Gasteiger partial charge in [-0.2, -0.15) is 0 Å². The second kappa shape index (κ2) is 10.8. The van der Waals surface area contributed by atoms with Crippen LogP contribution < -0.4 is 0 Å². The van der Waals surface area contributed by atoms with Crippen LogP contribution >= 0.6 is 0 Å². The highest BCUT2D eigenvalue weighted by Gasteiger charge is 2.10. The molecule has 0 bridgehead atoms. The first-order valence-corrected chi connectivity index (χ1v) is 7.54. The van der Waals surface area contributed by atoms with Crippen molar-refractivity contribution in [3.63, 3.8) is 0 Å². The Balaban J connectivity index is 0. The van der Waals surface area contributed by atoms with E-state index < -0.39 is 10.4 Å². The summed E-state index contributed by atoms with van der Waals surface area (Å²) in [5.41, 5.74) is 0. The Morgan fingerprint density at radius 2 is 1.85 bits per heavy atom. The quantitative estimate of drug-likeness (QED) is 0.171. The second-order valence-corrected chi connectivity index (χ2v) is 5.72. The summed E-state index contributed by atoms with van der Waals surface area (Å²) in [6.07, 6.45) is 4.05. The number of carbonyl (C=O) groups excluding carboxylic acids is 1. The predicted octanol–water partition coefficient (Wildman–Crippen LogP) is 0.685. The molecule has 0 heterocycles. The Labute approximate surface area is 121 Å². The van der Waals surface area contributed by atoms with Crippen LogP contribution in [-0.2, 0) is 24.1 Å². The summed E-state index contributed by atoms with van der Waals surface area (Å²) in [5, 5.41) is 0. The van der Waals surface area contributed by atoms with E-state index in [4.69, 9.17) is 4.74 Å². The standard InChI is InChI=1S/C11H22NO2.CH4O4S/c1-5-8-11(13)14-10-7-9-12(3,4)6-2;1-5-6(2,3)4/h5,8H,6-7,9-10H2,1-4H3;1H3,(H,2,3,4)/q+1;/p-1. The molecule has 0 aliphatic heterocycles. The molecule has 0 N–H and O–H groups in total. The van der Waals surface area contributed by atoms with Crippen LogP contribution in [-0.4, -0.2) is 64.3 Å². The van der Waals surface area contributed by atoms with E-state index >= 15 is 0 Å². The third-order valence-electron chi connectivity index (χ3n) is 2.52. The van der Waals surface area contributed by atoms with Gasteiger partial charge in [-0.3, -0.25) is 4.18 Å². The fourth-order valence-electron chi connectivity index (χ4n) is 1.01. The van der Waals surface area contributed by atoms with E-state index in [1.807, 2.05) is 0 Å². The van der Waals surface area contributed by atoms with Crippen LogP contribution in [0.5, 0.6) is 0 Å². The number of allylic oxidation sites excluding steroid dienone is 1. The predicted molar refractivity (Wildman–Crippen MR) is 74.6 cm³/mol. The number of ether oxygens (including phenoxy) is 1. The monoisotopic (exact) mass is 311 g/mol. The summed E-state index contributed by atoms with van der Waals surface area (Å²) >= 11 is 0. The molecule has 0 aliphatic carbocycles. The molecule has 0 saturated heterocycles. The third kappa shape index (κ3) is 17.0. The van der Waals surface area contributed by atoms with Gasteiger partial charge in [-0.25, -0.2) is 13.2 Å². The Bertz CT molecular complexity index is 389. The third-order valence-corrected chi connectivity index (χ3v) is 2.92. The van der Waals surface area contributed by atoms with E-state index in [2.05, 4.69) is 25.2 Å². The van der Waals surface area contributed by atoms with E-state index in [-0.39, 0.29) is 5.97 Å². The zero-order valence-corrected chi connectivity index (χ0v) is 13.6. The Kier molecular flexibility index (Phi) is 11.5. The molecule has 0 aromatic carbocycles. The summed E-state index contributed by atoms with van der Waals surface area (Å²) < 4.78 is 37.0. The summed E-state index contributed by atoms with van der Waals surface area (Å²) in [6.45, 7) is 6.62. The lowest BCUT2D eigenvalue weighted by Crippen LogP contribution is -2.40. The van der Waals surface area contributed by atoms with Crippen molar-refractivity contribution in [1.82, 2.24) is 0 Å². The lowest BCUT2D eigenvalue weighted by atomic mass is 10.3. The number of quaternary nitrogens is 1. The molecule has 0 rings (SSSR count). The van der Waals surface area contributed by atoms with Gasteiger partial charge in [0.25, 0.3) is 0 Å². The number of hydrogen-bond donors (Lipinski definition) is 0. The lowest BCUT2D eigenvalue weighted by molar-refractivity contribution is -0.888. The number of nitrogens with zero attached hydrogens (tertiary/aromatic N) is 1. The first-order chi connectivity index (χ1) is 9.08. The van der Waals surface area contributed by atoms with Gasteiger partial charge in [0.05, 0.1) is 40.9 Å². The summed E-state index contributed by atoms with van der Waals surface area (Å²) in [5.74, 6) is -0.241. The van der Waals surface area contributed by atoms with Crippen molar-refractivity contribution >= 4 is 16.4 Å². The van der Waals surface area contributed by atoms with Gasteiger partial charge in [0.1, 0.15) is 0 Å². The molecular formula is C12H25NO6S. The van der Waals surface area contributed by atoms with Crippen molar-refractivity contribution in [3.05, 3.63) is 12.2 Å². The Hall–Kier alpha value is -0.960. The minimum absolute atomic E-state index is 0.241. The molecule has 0 saturated carbocycles. The normalized spacial score (nSPS) is 11.9. The molecule has 0 unspecified atom stereocenters. The van der Waals surface area contributed by atoms with Crippen molar-refractivity contribution in [3.8, 4) is 0 Å². The second-order valence-electron chi connectivity index (χ2n) is 4.57. The molecule has 7 nitrogen and oxygen atoms in total. The Morgan fingerprint density at radius 3 is 2.20 bits per heavy atom. The molecule has 0 aliphatic rings. The van der Waals surface area contributed by atoms with E-state index in [9.17, 15) is 17.8 Å². The van der Waals surface area contributed by atoms with Gasteiger partial charge in [-0.15, -0.1) is 0 Å². The fourth-order valence-corrected chi connectivity index (χ4v) is 1.01. The van der Waals surface area contributed by atoms with Gasteiger partial charge in [-0.05, 0) is 13.8 Å². The van der Waals surface area contributed by atoms with Gasteiger partial charge in [0.2, 0.25) is 10.4 Å². The molecular weight excluding hydrogens is 286 g/mol. The van der Waals surface area contributed by atoms with Crippen molar-refractivity contribution in [1.29, 1.82) is 0 Å². The van der Waals surface area contributed by atoms with E-state index in [1.54, 1.807) is 13.0 Å². The van der Waals surface area contributed by atoms with Crippen LogP contribution in [0, 0.1) is 0 Å². The van der Waals surface area contributed by atoms with Gasteiger partial charge >= 0.3 is 5.97 Å². The van der Waals surface area contributed by atoms with Gasteiger partial charge in [0, 0.05) is 12.5 Å². The molecule has 20 heavy (non-hydrogen) atoms. The van der Waals surface area contributed by atoms with Crippen molar-refractivity contribution < 1.29 is 31.2 Å². The first kappa shape index (κ1) is 21.3. The summed E-state index contributed by atoms with van der Waals surface area (Å²) in [6, 6.07) is 0. The Morgan fingerprint density at radius 1 is 1.35 bits per heavy atom. The fraction of sp³-hybridized carbons (Fsp3) is 0.750. The van der Waals surface area contributed by atoms with E-state index in [0.29, 0.717) is 6.61 Å².